The maximum absolute atomic E-state index is 10.1. The lowest BCUT2D eigenvalue weighted by Gasteiger charge is -2.43. The van der Waals surface area contributed by atoms with E-state index in [1.165, 1.54) is 33.5 Å². The predicted molar refractivity (Wildman–Crippen MR) is 193 cm³/mol. The van der Waals surface area contributed by atoms with Crippen molar-refractivity contribution in [1.82, 2.24) is 9.21 Å². The van der Waals surface area contributed by atoms with Gasteiger partial charge in [-0.25, -0.2) is 0 Å². The second kappa shape index (κ2) is 15.5. The number of para-hydroxylation sites is 4. The van der Waals surface area contributed by atoms with E-state index in [0.717, 1.165) is 0 Å². The second-order valence-electron chi connectivity index (χ2n) is 10.4. The van der Waals surface area contributed by atoms with E-state index in [-0.39, 0.29) is 11.5 Å². The summed E-state index contributed by atoms with van der Waals surface area (Å²) in [6.45, 7) is 0. The molecule has 11 nitrogen and oxygen atoms in total. The lowest BCUT2D eigenvalue weighted by atomic mass is 10.3. The van der Waals surface area contributed by atoms with E-state index in [1.54, 1.807) is 60.7 Å². The van der Waals surface area contributed by atoms with Crippen LogP contribution in [0.25, 0.3) is 0 Å². The molecule has 1 aliphatic heterocycles. The molecule has 14 heteroatoms. The van der Waals surface area contributed by atoms with Crippen LogP contribution in [-0.2, 0) is 0 Å². The Balaban J connectivity index is 1.47. The zero-order valence-electron chi connectivity index (χ0n) is 26.2. The number of nitrogens with zero attached hydrogens (tertiary/aromatic N) is 3. The zero-order valence-corrected chi connectivity index (χ0v) is 28.9. The Morgan fingerprint density at radius 1 is 0.440 bits per heavy atom. The van der Waals surface area contributed by atoms with E-state index in [4.69, 9.17) is 32.3 Å². The molecule has 0 fully saturated rings. The summed E-state index contributed by atoms with van der Waals surface area (Å²) in [5.74, 6) is 2.73. The van der Waals surface area contributed by atoms with Gasteiger partial charge in [-0.3, -0.25) is 0 Å². The van der Waals surface area contributed by atoms with E-state index in [2.05, 4.69) is 0 Å². The molecule has 0 saturated carbocycles. The summed E-state index contributed by atoms with van der Waals surface area (Å²) in [6.07, 6.45) is 0. The quantitative estimate of drug-likeness (QED) is 0.118. The number of phenolic OH excluding ortho intramolecular Hbond substituents is 2. The van der Waals surface area contributed by atoms with Gasteiger partial charge in [-0.05, 0) is 97.1 Å². The monoisotopic (exact) mass is 725 g/mol. The van der Waals surface area contributed by atoms with Crippen LogP contribution < -0.4 is 27.8 Å². The first kappa shape index (κ1) is 33.2. The summed E-state index contributed by atoms with van der Waals surface area (Å²) < 4.78 is 35.2. The van der Waals surface area contributed by atoms with Gasteiger partial charge in [0, 0.05) is 9.21 Å². The minimum absolute atomic E-state index is 0.0549. The van der Waals surface area contributed by atoms with Crippen molar-refractivity contribution in [2.75, 3.05) is 0 Å². The van der Waals surface area contributed by atoms with Crippen molar-refractivity contribution < 1.29 is 38.0 Å². The number of benzene rings is 6. The Labute approximate surface area is 291 Å². The first-order valence-corrected chi connectivity index (χ1v) is 19.1. The van der Waals surface area contributed by atoms with E-state index in [9.17, 15) is 10.2 Å². The SMILES string of the molecule is Oc1ccc(ON2P(Oc3ccc(O)cc3)N(Oc3ccccc3)P(Oc3ccccc3)N=P2(Oc2ccccc2)Oc2ccccc2)cc1. The highest BCUT2D eigenvalue weighted by Crippen LogP contribution is 2.77. The topological polar surface area (TPSA) is 115 Å². The van der Waals surface area contributed by atoms with Crippen molar-refractivity contribution in [2.45, 2.75) is 0 Å². The Bertz CT molecular complexity index is 1970. The molecule has 1 heterocycles. The van der Waals surface area contributed by atoms with Crippen molar-refractivity contribution in [3.8, 4) is 46.0 Å². The molecule has 0 bridgehead atoms. The van der Waals surface area contributed by atoms with Gasteiger partial charge in [-0.1, -0.05) is 72.8 Å². The molecule has 0 amide bonds. The maximum atomic E-state index is 10.1. The highest BCUT2D eigenvalue weighted by Gasteiger charge is 2.58. The fourth-order valence-corrected chi connectivity index (χ4v) is 11.9. The van der Waals surface area contributed by atoms with Crippen molar-refractivity contribution in [3.05, 3.63) is 170 Å². The number of phenols is 2. The molecule has 0 aliphatic carbocycles. The third-order valence-electron chi connectivity index (χ3n) is 6.69. The smallest absolute Gasteiger partial charge is 0.447 e. The molecule has 2 unspecified atom stereocenters. The second-order valence-corrected chi connectivity index (χ2v) is 15.9. The van der Waals surface area contributed by atoms with Crippen LogP contribution in [0.3, 0.4) is 0 Å². The fraction of sp³-hybridized carbons (Fsp3) is 0. The first-order valence-electron chi connectivity index (χ1n) is 15.3. The standard InChI is InChI=1S/C36H30N3O8P3/c40-29-21-25-32(26-22-29)43-39-49(45-34-27-23-30(41)24-28-34)38(42-31-13-5-1-6-14-31)48(44-33-15-7-2-8-16-33)37-50(39,46-35-17-9-3-10-18-35)47-36-19-11-4-12-20-36/h1-28,40-41H. The third kappa shape index (κ3) is 8.12. The van der Waals surface area contributed by atoms with Crippen molar-refractivity contribution in [2.24, 2.45) is 4.52 Å². The van der Waals surface area contributed by atoms with Gasteiger partial charge < -0.3 is 38.0 Å². The van der Waals surface area contributed by atoms with Gasteiger partial charge in [-0.15, -0.1) is 4.52 Å². The summed E-state index contributed by atoms with van der Waals surface area (Å²) in [6, 6.07) is 49.2. The molecule has 6 aromatic rings. The molecule has 6 aromatic carbocycles. The molecule has 1 aliphatic rings. The van der Waals surface area contributed by atoms with Crippen molar-refractivity contribution >= 4 is 24.6 Å². The van der Waals surface area contributed by atoms with E-state index in [1.807, 2.05) is 84.9 Å². The van der Waals surface area contributed by atoms with Gasteiger partial charge in [0.15, 0.2) is 0 Å². The highest BCUT2D eigenvalue weighted by molar-refractivity contribution is 7.78. The van der Waals surface area contributed by atoms with E-state index >= 15 is 0 Å². The number of aromatic hydroxyl groups is 2. The highest BCUT2D eigenvalue weighted by atomic mass is 31.3. The van der Waals surface area contributed by atoms with Crippen LogP contribution in [0.15, 0.2) is 174 Å². The summed E-state index contributed by atoms with van der Waals surface area (Å²) in [4.78, 5) is 13.2. The van der Waals surface area contributed by atoms with Gasteiger partial charge in [0.2, 0.25) is 0 Å². The van der Waals surface area contributed by atoms with Crippen LogP contribution in [0.5, 0.6) is 46.0 Å². The molecule has 2 N–H and O–H groups in total. The number of hydrogen-bond donors (Lipinski definition) is 2. The van der Waals surface area contributed by atoms with Crippen LogP contribution in [0.4, 0.5) is 0 Å². The molecule has 2 atom stereocenters. The van der Waals surface area contributed by atoms with Crippen LogP contribution in [0.2, 0.25) is 0 Å². The Morgan fingerprint density at radius 3 is 1.34 bits per heavy atom. The Hall–Kier alpha value is -5.27. The molecule has 252 valence electrons. The fourth-order valence-electron chi connectivity index (χ4n) is 4.39. The van der Waals surface area contributed by atoms with E-state index in [0.29, 0.717) is 34.5 Å². The summed E-state index contributed by atoms with van der Waals surface area (Å²) in [5.41, 5.74) is 0. The van der Waals surface area contributed by atoms with Crippen molar-refractivity contribution in [1.29, 1.82) is 0 Å². The summed E-state index contributed by atoms with van der Waals surface area (Å²) >= 11 is 0. The van der Waals surface area contributed by atoms with E-state index < -0.39 is 24.6 Å². The predicted octanol–water partition coefficient (Wildman–Crippen LogP) is 10.7. The summed E-state index contributed by atoms with van der Waals surface area (Å²) in [7, 11) is -8.25. The molecule has 0 spiro atoms. The first-order chi connectivity index (χ1) is 24.5. The Morgan fingerprint density at radius 2 is 0.840 bits per heavy atom. The van der Waals surface area contributed by atoms with Crippen LogP contribution in [-0.4, -0.2) is 19.4 Å². The van der Waals surface area contributed by atoms with Crippen LogP contribution in [0, 0.1) is 0 Å². The van der Waals surface area contributed by atoms with Gasteiger partial charge in [0.25, 0.3) is 0 Å². The normalized spacial score (nSPS) is 17.1. The number of rotatable bonds is 12. The average Bonchev–Trinajstić information content (AvgIpc) is 3.15. The molecule has 0 saturated heterocycles. The van der Waals surface area contributed by atoms with Gasteiger partial charge in [0.05, 0.1) is 0 Å². The molecular formula is C36H30N3O8P3. The maximum Gasteiger partial charge on any atom is 0.447 e. The molecule has 50 heavy (non-hydrogen) atoms. The van der Waals surface area contributed by atoms with Crippen molar-refractivity contribution in [3.63, 3.8) is 0 Å². The zero-order chi connectivity index (χ0) is 34.2. The summed E-state index contributed by atoms with van der Waals surface area (Å²) in [5, 5.41) is 20.2. The third-order valence-corrected chi connectivity index (χ3v) is 13.5. The lowest BCUT2D eigenvalue weighted by molar-refractivity contribution is 0.0545. The number of hydrogen-bond acceptors (Lipinski definition) is 11. The largest absolute Gasteiger partial charge is 0.508 e. The van der Waals surface area contributed by atoms with Gasteiger partial charge in [0.1, 0.15) is 46.0 Å². The Kier molecular flexibility index (Phi) is 10.3. The van der Waals surface area contributed by atoms with Gasteiger partial charge in [-0.2, -0.15) is 0 Å². The van der Waals surface area contributed by atoms with Gasteiger partial charge >= 0.3 is 24.6 Å². The lowest BCUT2D eigenvalue weighted by Crippen LogP contribution is -2.37. The molecule has 0 aromatic heterocycles. The molecule has 0 radical (unpaired) electrons. The van der Waals surface area contributed by atoms with Crippen LogP contribution in [0.1, 0.15) is 0 Å². The van der Waals surface area contributed by atoms with Crippen LogP contribution >= 0.6 is 24.6 Å². The molecule has 7 rings (SSSR count). The molecular weight excluding hydrogens is 695 g/mol. The minimum Gasteiger partial charge on any atom is -0.508 e. The average molecular weight is 726 g/mol. The minimum atomic E-state index is -3.85.